The number of halogens is 2. The molecule has 6 heteroatoms. The fourth-order valence-electron chi connectivity index (χ4n) is 2.44. The second-order valence-electron chi connectivity index (χ2n) is 5.61. The van der Waals surface area contributed by atoms with Gasteiger partial charge in [-0.25, -0.2) is 4.39 Å². The van der Waals surface area contributed by atoms with Crippen LogP contribution in [0.15, 0.2) is 60.0 Å². The van der Waals surface area contributed by atoms with Crippen LogP contribution >= 0.6 is 22.9 Å². The molecule has 0 atom stereocenters. The number of hydrogen-bond donors (Lipinski definition) is 0. The van der Waals surface area contributed by atoms with Crippen molar-refractivity contribution in [3.05, 3.63) is 86.8 Å². The maximum absolute atomic E-state index is 13.1. The first-order valence-electron chi connectivity index (χ1n) is 8.07. The van der Waals surface area contributed by atoms with Gasteiger partial charge in [-0.2, -0.15) is 0 Å². The lowest BCUT2D eigenvalue weighted by Gasteiger charge is -2.12. The molecule has 0 aliphatic rings. The number of benzene rings is 2. The van der Waals surface area contributed by atoms with Gasteiger partial charge in [0.1, 0.15) is 23.9 Å². The third-order valence-electron chi connectivity index (χ3n) is 3.77. The predicted molar refractivity (Wildman–Crippen MR) is 106 cm³/mol. The number of ether oxygens (including phenoxy) is 2. The molecule has 27 heavy (non-hydrogen) atoms. The van der Waals surface area contributed by atoms with Crippen LogP contribution in [0, 0.1) is 5.82 Å². The third-order valence-corrected chi connectivity index (χ3v) is 4.95. The van der Waals surface area contributed by atoms with Crippen LogP contribution in [0.2, 0.25) is 5.02 Å². The Hall–Kier alpha value is -2.63. The molecule has 0 N–H and O–H groups in total. The van der Waals surface area contributed by atoms with Crippen LogP contribution in [0.5, 0.6) is 11.5 Å². The number of methoxy groups -OCH3 is 1. The number of ketones is 1. The lowest BCUT2D eigenvalue weighted by Crippen LogP contribution is -2.00. The molecule has 138 valence electrons. The standard InChI is InChI=1S/C21H16ClFO3S/c1-25-19-8-5-14(4-7-18(24)21-3-2-10-27-21)11-15(19)13-26-20-9-6-16(23)12-17(20)22/h2-12H,13H2,1H3/b7-4+. The van der Waals surface area contributed by atoms with Crippen molar-refractivity contribution in [1.29, 1.82) is 0 Å². The average molecular weight is 403 g/mol. The van der Waals surface area contributed by atoms with Gasteiger partial charge in [0.15, 0.2) is 5.78 Å². The van der Waals surface area contributed by atoms with Gasteiger partial charge < -0.3 is 9.47 Å². The molecular formula is C21H16ClFO3S. The summed E-state index contributed by atoms with van der Waals surface area (Å²) < 4.78 is 24.2. The van der Waals surface area contributed by atoms with Crippen molar-refractivity contribution in [2.75, 3.05) is 7.11 Å². The molecular weight excluding hydrogens is 387 g/mol. The second kappa shape index (κ2) is 8.84. The van der Waals surface area contributed by atoms with Crippen LogP contribution in [0.3, 0.4) is 0 Å². The number of carbonyl (C=O) groups is 1. The number of carbonyl (C=O) groups excluding carboxylic acids is 1. The molecule has 0 aliphatic heterocycles. The Labute approximate surface area is 165 Å². The van der Waals surface area contributed by atoms with Gasteiger partial charge in [-0.15, -0.1) is 11.3 Å². The van der Waals surface area contributed by atoms with Crippen LogP contribution in [-0.2, 0) is 6.61 Å². The molecule has 0 amide bonds. The van der Waals surface area contributed by atoms with Crippen molar-refractivity contribution in [2.45, 2.75) is 6.61 Å². The number of hydrogen-bond acceptors (Lipinski definition) is 4. The lowest BCUT2D eigenvalue weighted by atomic mass is 10.1. The van der Waals surface area contributed by atoms with Crippen LogP contribution in [0.4, 0.5) is 4.39 Å². The Balaban J connectivity index is 1.76. The first kappa shape index (κ1) is 19.1. The largest absolute Gasteiger partial charge is 0.496 e. The monoisotopic (exact) mass is 402 g/mol. The molecule has 1 aromatic heterocycles. The van der Waals surface area contributed by atoms with Crippen molar-refractivity contribution in [3.8, 4) is 11.5 Å². The number of rotatable bonds is 7. The van der Waals surface area contributed by atoms with E-state index in [4.69, 9.17) is 21.1 Å². The molecule has 1 heterocycles. The zero-order valence-electron chi connectivity index (χ0n) is 14.4. The highest BCUT2D eigenvalue weighted by molar-refractivity contribution is 7.12. The van der Waals surface area contributed by atoms with Gasteiger partial charge in [0.25, 0.3) is 0 Å². The topological polar surface area (TPSA) is 35.5 Å². The Morgan fingerprint density at radius 3 is 2.70 bits per heavy atom. The van der Waals surface area contributed by atoms with E-state index in [2.05, 4.69) is 0 Å². The highest BCUT2D eigenvalue weighted by Gasteiger charge is 2.08. The summed E-state index contributed by atoms with van der Waals surface area (Å²) in [6.07, 6.45) is 3.28. The molecule has 0 aliphatic carbocycles. The maximum Gasteiger partial charge on any atom is 0.195 e. The minimum atomic E-state index is -0.424. The van der Waals surface area contributed by atoms with Gasteiger partial charge in [0, 0.05) is 5.56 Å². The van der Waals surface area contributed by atoms with E-state index in [1.807, 2.05) is 23.6 Å². The van der Waals surface area contributed by atoms with E-state index < -0.39 is 5.82 Å². The Bertz CT molecular complexity index is 968. The minimum absolute atomic E-state index is 0.0447. The minimum Gasteiger partial charge on any atom is -0.496 e. The number of thiophene rings is 1. The van der Waals surface area contributed by atoms with E-state index in [0.717, 1.165) is 11.1 Å². The summed E-state index contributed by atoms with van der Waals surface area (Å²) in [7, 11) is 1.57. The fraction of sp³-hybridized carbons (Fsp3) is 0.0952. The fourth-order valence-corrected chi connectivity index (χ4v) is 3.30. The van der Waals surface area contributed by atoms with E-state index in [1.54, 1.807) is 25.3 Å². The first-order valence-corrected chi connectivity index (χ1v) is 9.33. The van der Waals surface area contributed by atoms with Crippen LogP contribution in [0.1, 0.15) is 20.8 Å². The third kappa shape index (κ3) is 4.96. The van der Waals surface area contributed by atoms with Gasteiger partial charge >= 0.3 is 0 Å². The summed E-state index contributed by atoms with van der Waals surface area (Å²) in [5, 5.41) is 2.07. The molecule has 2 aromatic carbocycles. The summed E-state index contributed by atoms with van der Waals surface area (Å²) in [5.41, 5.74) is 1.62. The zero-order chi connectivity index (χ0) is 19.2. The normalized spacial score (nSPS) is 10.9. The summed E-state index contributed by atoms with van der Waals surface area (Å²) in [5.74, 6) is 0.563. The van der Waals surface area contributed by atoms with E-state index in [0.29, 0.717) is 16.4 Å². The molecule has 0 bridgehead atoms. The Morgan fingerprint density at radius 2 is 2.00 bits per heavy atom. The molecule has 0 fully saturated rings. The van der Waals surface area contributed by atoms with E-state index in [1.165, 1.54) is 35.6 Å². The van der Waals surface area contributed by atoms with Crippen molar-refractivity contribution >= 4 is 34.8 Å². The predicted octanol–water partition coefficient (Wildman–Crippen LogP) is 6.02. The summed E-state index contributed by atoms with van der Waals surface area (Å²) in [6.45, 7) is 0.190. The quantitative estimate of drug-likeness (QED) is 0.358. The van der Waals surface area contributed by atoms with E-state index in [-0.39, 0.29) is 17.4 Å². The molecule has 0 spiro atoms. The summed E-state index contributed by atoms with van der Waals surface area (Å²) in [4.78, 5) is 12.8. The van der Waals surface area contributed by atoms with Crippen molar-refractivity contribution in [2.24, 2.45) is 0 Å². The molecule has 3 rings (SSSR count). The summed E-state index contributed by atoms with van der Waals surface area (Å²) in [6, 6.07) is 13.1. The smallest absolute Gasteiger partial charge is 0.195 e. The van der Waals surface area contributed by atoms with Crippen LogP contribution in [0.25, 0.3) is 6.08 Å². The molecule has 3 aromatic rings. The SMILES string of the molecule is COc1ccc(/C=C/C(=O)c2cccs2)cc1COc1ccc(F)cc1Cl. The second-order valence-corrected chi connectivity index (χ2v) is 6.96. The van der Waals surface area contributed by atoms with Gasteiger partial charge in [-0.1, -0.05) is 29.8 Å². The maximum atomic E-state index is 13.1. The Morgan fingerprint density at radius 1 is 1.19 bits per heavy atom. The van der Waals surface area contributed by atoms with Gasteiger partial charge in [-0.05, 0) is 53.4 Å². The van der Waals surface area contributed by atoms with E-state index >= 15 is 0 Å². The molecule has 0 unspecified atom stereocenters. The Kier molecular flexibility index (Phi) is 6.27. The van der Waals surface area contributed by atoms with Crippen molar-refractivity contribution in [3.63, 3.8) is 0 Å². The first-order chi connectivity index (χ1) is 13.1. The van der Waals surface area contributed by atoms with Gasteiger partial charge in [-0.3, -0.25) is 4.79 Å². The van der Waals surface area contributed by atoms with E-state index in [9.17, 15) is 9.18 Å². The van der Waals surface area contributed by atoms with Crippen molar-refractivity contribution in [1.82, 2.24) is 0 Å². The molecule has 0 saturated heterocycles. The summed E-state index contributed by atoms with van der Waals surface area (Å²) >= 11 is 7.39. The van der Waals surface area contributed by atoms with Crippen molar-refractivity contribution < 1.29 is 18.7 Å². The number of allylic oxidation sites excluding steroid dienone is 1. The van der Waals surface area contributed by atoms with Gasteiger partial charge in [0.2, 0.25) is 0 Å². The zero-order valence-corrected chi connectivity index (χ0v) is 16.0. The highest BCUT2D eigenvalue weighted by Crippen LogP contribution is 2.28. The van der Waals surface area contributed by atoms with Crippen LogP contribution in [-0.4, -0.2) is 12.9 Å². The average Bonchev–Trinajstić information content (AvgIpc) is 3.20. The lowest BCUT2D eigenvalue weighted by molar-refractivity contribution is 0.105. The van der Waals surface area contributed by atoms with Crippen LogP contribution < -0.4 is 9.47 Å². The molecule has 0 saturated carbocycles. The molecule has 0 radical (unpaired) electrons. The van der Waals surface area contributed by atoms with Gasteiger partial charge in [0.05, 0.1) is 17.0 Å². The highest BCUT2D eigenvalue weighted by atomic mass is 35.5. The molecule has 3 nitrogen and oxygen atoms in total.